The lowest BCUT2D eigenvalue weighted by Crippen LogP contribution is -2.49. The van der Waals surface area contributed by atoms with Crippen LogP contribution >= 0.6 is 45.3 Å². The fourth-order valence-corrected chi connectivity index (χ4v) is 11.1. The van der Waals surface area contributed by atoms with Gasteiger partial charge in [-0.05, 0) is 70.1 Å². The molecule has 4 amide bonds. The Morgan fingerprint density at radius 2 is 0.944 bits per heavy atom. The Morgan fingerprint density at radius 3 is 1.31 bits per heavy atom. The molecule has 4 aromatic heterocycles. The lowest BCUT2D eigenvalue weighted by molar-refractivity contribution is -0.384. The van der Waals surface area contributed by atoms with E-state index in [1.165, 1.54) is 47.1 Å². The zero-order valence-corrected chi connectivity index (χ0v) is 43.3. The number of nitrogens with two attached hydrogens (primary N) is 1. The Kier molecular flexibility index (Phi) is 18.3. The summed E-state index contributed by atoms with van der Waals surface area (Å²) in [5, 5.41) is 27.1. The Labute approximate surface area is 434 Å². The summed E-state index contributed by atoms with van der Waals surface area (Å²) in [6.07, 6.45) is 1.74. The fourth-order valence-electron chi connectivity index (χ4n) is 7.72. The number of nitrogens with zero attached hydrogens (tertiary/aromatic N) is 5. The third-order valence-electron chi connectivity index (χ3n) is 11.9. The molecule has 0 saturated heterocycles. The summed E-state index contributed by atoms with van der Waals surface area (Å²) in [5.74, 6) is -0.877. The molecule has 4 atom stereocenters. The zero-order chi connectivity index (χ0) is 51.1. The third kappa shape index (κ3) is 14.4. The van der Waals surface area contributed by atoms with Crippen molar-refractivity contribution in [1.82, 2.24) is 30.4 Å². The number of thiazole rings is 2. The molecular weight excluding hydrogens is 985 g/mol. The van der Waals surface area contributed by atoms with E-state index in [2.05, 4.69) is 10.6 Å². The summed E-state index contributed by atoms with van der Waals surface area (Å²) in [6.45, 7) is 2.91. The SMILES string of the molecule is CC(=O)N(C)[C@@H](Cc1ccccc1)C(=O)N[C@@H](Cc1ccc(N)cc1)c1csc(-c2cccs2)n1.CC(=O)N(C)[C@@H](Cc1ccccc1)C(=O)N[C@@H](Cc1ccc([N+](=O)[O-])cc1)c1csc(-c2cccs2)n1. The van der Waals surface area contributed by atoms with Crippen molar-refractivity contribution >= 4 is 80.4 Å². The molecule has 0 unspecified atom stereocenters. The van der Waals surface area contributed by atoms with Crippen LogP contribution < -0.4 is 16.4 Å². The van der Waals surface area contributed by atoms with Crippen LogP contribution in [0.4, 0.5) is 11.4 Å². The first-order chi connectivity index (χ1) is 34.7. The monoisotopic (exact) mass is 1040 g/mol. The van der Waals surface area contributed by atoms with Gasteiger partial charge in [0.15, 0.2) is 0 Å². The molecular formula is C54H54N8O6S4. The van der Waals surface area contributed by atoms with Crippen LogP contribution in [0.1, 0.15) is 59.6 Å². The number of nitro benzene ring substituents is 1. The fraction of sp³-hybridized carbons (Fsp3) is 0.222. The van der Waals surface area contributed by atoms with Crippen LogP contribution in [0.5, 0.6) is 0 Å². The summed E-state index contributed by atoms with van der Waals surface area (Å²) in [4.78, 5) is 77.0. The number of thiophene rings is 2. The number of rotatable bonds is 19. The van der Waals surface area contributed by atoms with Gasteiger partial charge in [0, 0.05) is 69.4 Å². The maximum absolute atomic E-state index is 13.6. The van der Waals surface area contributed by atoms with Gasteiger partial charge in [-0.15, -0.1) is 45.3 Å². The molecule has 18 heteroatoms. The number of nitro groups is 1. The van der Waals surface area contributed by atoms with Gasteiger partial charge < -0.3 is 26.2 Å². The van der Waals surface area contributed by atoms with E-state index in [4.69, 9.17) is 15.7 Å². The molecule has 4 aromatic carbocycles. The lowest BCUT2D eigenvalue weighted by atomic mass is 10.0. The number of benzene rings is 4. The predicted octanol–water partition coefficient (Wildman–Crippen LogP) is 10.2. The van der Waals surface area contributed by atoms with Gasteiger partial charge >= 0.3 is 0 Å². The standard InChI is InChI=1S/C27H26N4O4S2.C27H28N4O2S2/c1-18(32)30(2)24(16-19-7-4-3-5-8-19)26(33)28-22(15-20-10-12-21(13-11-20)31(34)35)23-17-37-27(29-23)25-9-6-14-36-25;1-18(32)31(2)24(16-19-7-4-3-5-8-19)26(33)29-22(15-20-10-12-21(28)13-11-20)23-17-35-27(30-23)25-9-6-14-34-25/h3-14,17,22,24H,15-16H2,1-2H3,(H,28,33);3-14,17,22,24H,15-16,28H2,1-2H3,(H,29,33)/t2*22-,24-/m00/s1. The minimum Gasteiger partial charge on any atom is -0.399 e. The molecule has 8 aromatic rings. The van der Waals surface area contributed by atoms with Crippen molar-refractivity contribution in [2.24, 2.45) is 0 Å². The predicted molar refractivity (Wildman–Crippen MR) is 289 cm³/mol. The highest BCUT2D eigenvalue weighted by molar-refractivity contribution is 7.20. The van der Waals surface area contributed by atoms with E-state index < -0.39 is 23.0 Å². The van der Waals surface area contributed by atoms with Crippen molar-refractivity contribution in [2.75, 3.05) is 19.8 Å². The average molecular weight is 1040 g/mol. The van der Waals surface area contributed by atoms with E-state index >= 15 is 0 Å². The van der Waals surface area contributed by atoms with Crippen molar-refractivity contribution in [2.45, 2.75) is 63.7 Å². The largest absolute Gasteiger partial charge is 0.399 e. The van der Waals surface area contributed by atoms with Crippen molar-refractivity contribution in [1.29, 1.82) is 0 Å². The lowest BCUT2D eigenvalue weighted by Gasteiger charge is -2.28. The molecule has 8 rings (SSSR count). The van der Waals surface area contributed by atoms with Gasteiger partial charge in [0.25, 0.3) is 5.69 Å². The molecule has 0 bridgehead atoms. The summed E-state index contributed by atoms with van der Waals surface area (Å²) in [7, 11) is 3.29. The van der Waals surface area contributed by atoms with E-state index in [0.29, 0.717) is 37.1 Å². The molecule has 370 valence electrons. The van der Waals surface area contributed by atoms with Crippen LogP contribution in [0.15, 0.2) is 155 Å². The number of carbonyl (C=O) groups excluding carboxylic acids is 4. The van der Waals surface area contributed by atoms with Crippen LogP contribution in [0.25, 0.3) is 19.8 Å². The second-order valence-corrected chi connectivity index (χ2v) is 20.6. The molecule has 72 heavy (non-hydrogen) atoms. The van der Waals surface area contributed by atoms with Crippen molar-refractivity contribution < 1.29 is 24.1 Å². The molecule has 0 aliphatic rings. The topological polar surface area (TPSA) is 194 Å². The number of likely N-dealkylation sites (N-methyl/N-ethyl adjacent to an activating group) is 2. The van der Waals surface area contributed by atoms with Gasteiger partial charge in [-0.25, -0.2) is 9.97 Å². The van der Waals surface area contributed by atoms with Crippen molar-refractivity contribution in [3.63, 3.8) is 0 Å². The minimum atomic E-state index is -0.713. The van der Waals surface area contributed by atoms with Crippen LogP contribution in [0.2, 0.25) is 0 Å². The number of hydrogen-bond acceptors (Lipinski definition) is 13. The van der Waals surface area contributed by atoms with Gasteiger partial charge in [-0.3, -0.25) is 29.3 Å². The van der Waals surface area contributed by atoms with Gasteiger partial charge in [-0.1, -0.05) is 97.1 Å². The molecule has 0 aliphatic carbocycles. The second kappa shape index (κ2) is 25.1. The molecule has 0 fully saturated rings. The summed E-state index contributed by atoms with van der Waals surface area (Å²) in [6, 6.07) is 39.0. The quantitative estimate of drug-likeness (QED) is 0.0401. The maximum atomic E-state index is 13.6. The highest BCUT2D eigenvalue weighted by atomic mass is 32.1. The molecule has 4 heterocycles. The van der Waals surface area contributed by atoms with Crippen LogP contribution in [-0.4, -0.2) is 74.5 Å². The van der Waals surface area contributed by atoms with Crippen molar-refractivity contribution in [3.05, 3.63) is 199 Å². The number of carbonyl (C=O) groups is 4. The molecule has 0 aliphatic heterocycles. The Morgan fingerprint density at radius 1 is 0.556 bits per heavy atom. The number of amides is 4. The van der Waals surface area contributed by atoms with E-state index in [-0.39, 0.29) is 35.4 Å². The number of anilines is 1. The minimum absolute atomic E-state index is 0.00369. The molecule has 4 N–H and O–H groups in total. The van der Waals surface area contributed by atoms with E-state index in [1.54, 1.807) is 60.2 Å². The first-order valence-electron chi connectivity index (χ1n) is 22.9. The van der Waals surface area contributed by atoms with E-state index in [0.717, 1.165) is 47.7 Å². The third-order valence-corrected chi connectivity index (χ3v) is 15.7. The van der Waals surface area contributed by atoms with Gasteiger partial charge in [0.05, 0.1) is 38.1 Å². The van der Waals surface area contributed by atoms with Gasteiger partial charge in [0.1, 0.15) is 22.1 Å². The van der Waals surface area contributed by atoms with Crippen LogP contribution in [-0.2, 0) is 44.9 Å². The van der Waals surface area contributed by atoms with Crippen molar-refractivity contribution in [3.8, 4) is 19.8 Å². The maximum Gasteiger partial charge on any atom is 0.269 e. The second-order valence-electron chi connectivity index (χ2n) is 17.0. The summed E-state index contributed by atoms with van der Waals surface area (Å²) in [5.41, 5.74) is 11.8. The molecule has 14 nitrogen and oxygen atoms in total. The first kappa shape index (κ1) is 52.4. The molecule has 0 radical (unpaired) electrons. The number of hydrogen-bond donors (Lipinski definition) is 3. The van der Waals surface area contributed by atoms with E-state index in [9.17, 15) is 29.3 Å². The number of nitrogen functional groups attached to an aromatic ring is 1. The molecule has 0 spiro atoms. The van der Waals surface area contributed by atoms with Gasteiger partial charge in [0.2, 0.25) is 23.6 Å². The number of aromatic nitrogens is 2. The number of non-ortho nitro benzene ring substituents is 1. The van der Waals surface area contributed by atoms with Gasteiger partial charge in [-0.2, -0.15) is 0 Å². The normalized spacial score (nSPS) is 12.6. The molecule has 0 saturated carbocycles. The summed E-state index contributed by atoms with van der Waals surface area (Å²) < 4.78 is 0. The van der Waals surface area contributed by atoms with Crippen LogP contribution in [0, 0.1) is 10.1 Å². The Balaban J connectivity index is 0.000000212. The van der Waals surface area contributed by atoms with E-state index in [1.807, 2.05) is 131 Å². The van der Waals surface area contributed by atoms with Crippen LogP contribution in [0.3, 0.4) is 0 Å². The average Bonchev–Trinajstić information content (AvgIpc) is 4.25. The Bertz CT molecular complexity index is 3020. The summed E-state index contributed by atoms with van der Waals surface area (Å²) >= 11 is 6.28. The highest BCUT2D eigenvalue weighted by Crippen LogP contribution is 2.33. The first-order valence-corrected chi connectivity index (χ1v) is 26.5. The zero-order valence-electron chi connectivity index (χ0n) is 40.0. The smallest absolute Gasteiger partial charge is 0.269 e. The number of nitrogens with one attached hydrogen (secondary N) is 2. The Hall–Kier alpha value is -7.38. The highest BCUT2D eigenvalue weighted by Gasteiger charge is 2.31.